The Kier molecular flexibility index (Phi) is 2.43. The quantitative estimate of drug-likeness (QED) is 0.558. The summed E-state index contributed by atoms with van der Waals surface area (Å²) in [7, 11) is -5.62. The van der Waals surface area contributed by atoms with Crippen LogP contribution in [0.1, 0.15) is 0 Å². The molecule has 74 valence electrons. The van der Waals surface area contributed by atoms with Crippen LogP contribution in [0.4, 0.5) is 13.2 Å². The first-order chi connectivity index (χ1) is 5.83. The largest absolute Gasteiger partial charge is 0.534 e. The van der Waals surface area contributed by atoms with Gasteiger partial charge in [-0.25, -0.2) is 0 Å². The summed E-state index contributed by atoms with van der Waals surface area (Å²) >= 11 is 0.534. The highest BCUT2D eigenvalue weighted by Gasteiger charge is 2.48. The molecule has 0 saturated carbocycles. The van der Waals surface area contributed by atoms with Crippen LogP contribution in [0.5, 0.6) is 5.88 Å². The summed E-state index contributed by atoms with van der Waals surface area (Å²) < 4.78 is 65.6. The molecule has 0 bridgehead atoms. The fraction of sp³-hybridized carbons (Fsp3) is 0.333. The van der Waals surface area contributed by atoms with Crippen LogP contribution >= 0.6 is 11.7 Å². The molecule has 0 spiro atoms. The average Bonchev–Trinajstić information content (AvgIpc) is 2.35. The number of halogens is 3. The maximum absolute atomic E-state index is 11.7. The van der Waals surface area contributed by atoms with Crippen molar-refractivity contribution in [3.63, 3.8) is 0 Å². The molecule has 0 aliphatic rings. The number of hydrogen-bond donors (Lipinski definition) is 0. The Balaban J connectivity index is 2.87. The number of hydrogen-bond acceptors (Lipinski definition) is 6. The molecular weight excluding hydrogens is 233 g/mol. The molecular formula is C3HF3N2O3S2. The molecule has 0 aliphatic carbocycles. The first-order valence-corrected chi connectivity index (χ1v) is 4.75. The van der Waals surface area contributed by atoms with E-state index in [1.54, 1.807) is 0 Å². The molecule has 0 fully saturated rings. The molecule has 0 atom stereocenters. The molecule has 1 heterocycles. The SMILES string of the molecule is O=S(=O)(Oc1cnsn1)C(F)(F)F. The third kappa shape index (κ3) is 2.28. The second-order valence-electron chi connectivity index (χ2n) is 1.73. The van der Waals surface area contributed by atoms with E-state index in [9.17, 15) is 21.6 Å². The molecule has 13 heavy (non-hydrogen) atoms. The standard InChI is InChI=1S/C3HF3N2O3S2/c4-3(5,6)13(9,10)11-2-1-7-12-8-2/h1H. The van der Waals surface area contributed by atoms with Gasteiger partial charge in [0.2, 0.25) is 0 Å². The fourth-order valence-corrected chi connectivity index (χ4v) is 1.15. The van der Waals surface area contributed by atoms with Crippen LogP contribution in [0.15, 0.2) is 6.20 Å². The second-order valence-corrected chi connectivity index (χ2v) is 3.82. The van der Waals surface area contributed by atoms with Gasteiger partial charge in [0.25, 0.3) is 5.88 Å². The molecule has 10 heteroatoms. The predicted molar refractivity (Wildman–Crippen MR) is 35.5 cm³/mol. The Morgan fingerprint density at radius 2 is 2.08 bits per heavy atom. The molecule has 1 aromatic heterocycles. The minimum Gasteiger partial charge on any atom is -0.353 e. The van der Waals surface area contributed by atoms with Crippen LogP contribution in [0.25, 0.3) is 0 Å². The summed E-state index contributed by atoms with van der Waals surface area (Å²) in [4.78, 5) is 0. The van der Waals surface area contributed by atoms with Crippen LogP contribution in [-0.2, 0) is 10.1 Å². The van der Waals surface area contributed by atoms with Crippen LogP contribution in [0.2, 0.25) is 0 Å². The topological polar surface area (TPSA) is 69.2 Å². The van der Waals surface area contributed by atoms with Gasteiger partial charge in [-0.1, -0.05) is 0 Å². The van der Waals surface area contributed by atoms with E-state index < -0.39 is 21.5 Å². The lowest BCUT2D eigenvalue weighted by atomic mass is 10.9. The molecule has 0 unspecified atom stereocenters. The predicted octanol–water partition coefficient (Wildman–Crippen LogP) is 0.767. The summed E-state index contributed by atoms with van der Waals surface area (Å²) in [6.45, 7) is 0. The Labute approximate surface area is 74.6 Å². The summed E-state index contributed by atoms with van der Waals surface area (Å²) in [6, 6.07) is 0. The molecule has 0 saturated heterocycles. The molecule has 1 aromatic rings. The third-order valence-corrected chi connectivity index (χ3v) is 2.24. The van der Waals surface area contributed by atoms with Crippen molar-refractivity contribution in [1.29, 1.82) is 0 Å². The molecule has 0 aromatic carbocycles. The lowest BCUT2D eigenvalue weighted by Gasteiger charge is -2.05. The van der Waals surface area contributed by atoms with E-state index in [1.807, 2.05) is 0 Å². The fourth-order valence-electron chi connectivity index (χ4n) is 0.352. The Bertz CT molecular complexity index is 369. The zero-order valence-electron chi connectivity index (χ0n) is 5.65. The Morgan fingerprint density at radius 1 is 1.46 bits per heavy atom. The van der Waals surface area contributed by atoms with Gasteiger partial charge in [-0.05, 0) is 0 Å². The molecule has 0 aliphatic heterocycles. The monoisotopic (exact) mass is 234 g/mol. The number of rotatable bonds is 2. The van der Waals surface area contributed by atoms with Crippen LogP contribution in [0, 0.1) is 0 Å². The molecule has 0 amide bonds. The van der Waals surface area contributed by atoms with Crippen LogP contribution in [-0.4, -0.2) is 22.7 Å². The Hall–Kier alpha value is -0.900. The van der Waals surface area contributed by atoms with Crippen molar-refractivity contribution >= 4 is 21.8 Å². The van der Waals surface area contributed by atoms with Gasteiger partial charge in [-0.15, -0.1) is 4.37 Å². The van der Waals surface area contributed by atoms with Crippen LogP contribution < -0.4 is 4.18 Å². The normalized spacial score (nSPS) is 12.8. The molecule has 0 N–H and O–H groups in total. The smallest absolute Gasteiger partial charge is 0.353 e. The van der Waals surface area contributed by atoms with Crippen molar-refractivity contribution in [3.8, 4) is 5.88 Å². The molecule has 1 rings (SSSR count). The zero-order valence-corrected chi connectivity index (χ0v) is 7.28. The summed E-state index contributed by atoms with van der Waals surface area (Å²) in [6.07, 6.45) is 0.772. The van der Waals surface area contributed by atoms with Crippen molar-refractivity contribution in [3.05, 3.63) is 6.20 Å². The van der Waals surface area contributed by atoms with Gasteiger partial charge in [0, 0.05) is 0 Å². The van der Waals surface area contributed by atoms with Crippen LogP contribution in [0.3, 0.4) is 0 Å². The van der Waals surface area contributed by atoms with Gasteiger partial charge in [0.15, 0.2) is 0 Å². The zero-order chi connectivity index (χ0) is 10.1. The van der Waals surface area contributed by atoms with Crippen molar-refractivity contribution in [2.45, 2.75) is 5.51 Å². The van der Waals surface area contributed by atoms with E-state index in [1.165, 1.54) is 0 Å². The molecule has 5 nitrogen and oxygen atoms in total. The van der Waals surface area contributed by atoms with Crippen molar-refractivity contribution in [1.82, 2.24) is 8.75 Å². The Morgan fingerprint density at radius 3 is 2.46 bits per heavy atom. The number of aromatic nitrogens is 2. The summed E-state index contributed by atoms with van der Waals surface area (Å²) in [5, 5.41) is 0. The van der Waals surface area contributed by atoms with Gasteiger partial charge in [0.05, 0.1) is 11.7 Å². The van der Waals surface area contributed by atoms with E-state index in [0.29, 0.717) is 11.7 Å². The second kappa shape index (κ2) is 3.10. The highest BCUT2D eigenvalue weighted by molar-refractivity contribution is 7.87. The maximum Gasteiger partial charge on any atom is 0.534 e. The first kappa shape index (κ1) is 10.2. The average molecular weight is 234 g/mol. The highest BCUT2D eigenvalue weighted by atomic mass is 32.2. The minimum atomic E-state index is -5.62. The van der Waals surface area contributed by atoms with Gasteiger partial charge in [0.1, 0.15) is 6.20 Å². The first-order valence-electron chi connectivity index (χ1n) is 2.61. The summed E-state index contributed by atoms with van der Waals surface area (Å²) in [5.74, 6) is -0.692. The van der Waals surface area contributed by atoms with E-state index in [0.717, 1.165) is 6.20 Å². The van der Waals surface area contributed by atoms with Gasteiger partial charge in [-0.2, -0.15) is 26.0 Å². The lowest BCUT2D eigenvalue weighted by Crippen LogP contribution is -2.28. The van der Waals surface area contributed by atoms with Crippen molar-refractivity contribution in [2.24, 2.45) is 0 Å². The highest BCUT2D eigenvalue weighted by Crippen LogP contribution is 2.25. The van der Waals surface area contributed by atoms with Crippen molar-refractivity contribution < 1.29 is 25.8 Å². The van der Waals surface area contributed by atoms with E-state index in [-0.39, 0.29) is 0 Å². The minimum absolute atomic E-state index is 0.534. The lowest BCUT2D eigenvalue weighted by molar-refractivity contribution is -0.0501. The van der Waals surface area contributed by atoms with E-state index in [2.05, 4.69) is 12.9 Å². The summed E-state index contributed by atoms with van der Waals surface area (Å²) in [5.41, 5.74) is -5.45. The van der Waals surface area contributed by atoms with Gasteiger partial charge < -0.3 is 4.18 Å². The third-order valence-electron chi connectivity index (χ3n) is 0.820. The van der Waals surface area contributed by atoms with Gasteiger partial charge in [-0.3, -0.25) is 0 Å². The number of nitrogens with zero attached hydrogens (tertiary/aromatic N) is 2. The van der Waals surface area contributed by atoms with E-state index in [4.69, 9.17) is 0 Å². The maximum atomic E-state index is 11.7. The van der Waals surface area contributed by atoms with Gasteiger partial charge >= 0.3 is 15.6 Å². The van der Waals surface area contributed by atoms with Crippen molar-refractivity contribution in [2.75, 3.05) is 0 Å². The van der Waals surface area contributed by atoms with E-state index >= 15 is 0 Å². The molecule has 0 radical (unpaired) electrons. The number of alkyl halides is 3.